The molecule has 1 unspecified atom stereocenters. The predicted octanol–water partition coefficient (Wildman–Crippen LogP) is 0.817. The van der Waals surface area contributed by atoms with Crippen LogP contribution in [0.4, 0.5) is 0 Å². The highest BCUT2D eigenvalue weighted by molar-refractivity contribution is 6.38. The lowest BCUT2D eigenvalue weighted by atomic mass is 10.1. The van der Waals surface area contributed by atoms with Gasteiger partial charge in [-0.25, -0.2) is 0 Å². The fourth-order valence-corrected chi connectivity index (χ4v) is 1.45. The van der Waals surface area contributed by atoms with E-state index in [-0.39, 0.29) is 18.2 Å². The second kappa shape index (κ2) is 3.01. The number of benzene rings is 1. The Morgan fingerprint density at radius 2 is 1.85 bits per heavy atom. The Morgan fingerprint density at radius 1 is 1.15 bits per heavy atom. The molecule has 1 saturated heterocycles. The Bertz CT molecular complexity index is 329. The molecule has 13 heavy (non-hydrogen) atoms. The number of hydrogen-bond acceptors (Lipinski definition) is 2. The summed E-state index contributed by atoms with van der Waals surface area (Å²) in [4.78, 5) is 21.8. The molecule has 1 fully saturated rings. The molecule has 2 rings (SSSR count). The van der Waals surface area contributed by atoms with E-state index in [0.717, 1.165) is 5.56 Å². The van der Waals surface area contributed by atoms with Crippen LogP contribution in [-0.2, 0) is 9.59 Å². The smallest absolute Gasteiger partial charge is 0.287 e. The van der Waals surface area contributed by atoms with Crippen LogP contribution >= 0.6 is 0 Å². The molecule has 0 aliphatic carbocycles. The summed E-state index contributed by atoms with van der Waals surface area (Å²) in [5.41, 5.74) is 0.988. The van der Waals surface area contributed by atoms with Gasteiger partial charge in [-0.3, -0.25) is 9.59 Å². The Labute approximate surface area is 75.8 Å². The molecular weight excluding hydrogens is 166 g/mol. The fraction of sp³-hybridized carbons (Fsp3) is 0.200. The molecule has 1 N–H and O–H groups in total. The van der Waals surface area contributed by atoms with Gasteiger partial charge in [0.15, 0.2) is 0 Å². The van der Waals surface area contributed by atoms with Gasteiger partial charge in [0.1, 0.15) is 0 Å². The minimum atomic E-state index is -0.464. The Balaban J connectivity index is 2.21. The van der Waals surface area contributed by atoms with Crippen LogP contribution in [0.1, 0.15) is 18.0 Å². The number of rotatable bonds is 1. The van der Waals surface area contributed by atoms with Crippen LogP contribution in [-0.4, -0.2) is 11.7 Å². The van der Waals surface area contributed by atoms with E-state index < -0.39 is 5.91 Å². The van der Waals surface area contributed by atoms with Crippen LogP contribution in [0.15, 0.2) is 30.3 Å². The van der Waals surface area contributed by atoms with Crippen molar-refractivity contribution < 1.29 is 9.59 Å². The molecule has 0 spiro atoms. The second-order valence-corrected chi connectivity index (χ2v) is 3.06. The third kappa shape index (κ3) is 1.45. The molecule has 1 amide bonds. The van der Waals surface area contributed by atoms with Gasteiger partial charge >= 0.3 is 0 Å². The fourth-order valence-electron chi connectivity index (χ4n) is 1.45. The molecule has 1 aliphatic heterocycles. The summed E-state index contributed by atoms with van der Waals surface area (Å²) in [6.07, 6.45) is 0.281. The number of carbonyl (C=O) groups is 2. The molecular formula is C10H9NO2. The van der Waals surface area contributed by atoms with Crippen LogP contribution in [0, 0.1) is 0 Å². The first-order valence-corrected chi connectivity index (χ1v) is 4.16. The predicted molar refractivity (Wildman–Crippen MR) is 46.9 cm³/mol. The van der Waals surface area contributed by atoms with Gasteiger partial charge in [-0.1, -0.05) is 30.3 Å². The molecule has 1 aromatic carbocycles. The summed E-state index contributed by atoms with van der Waals surface area (Å²) < 4.78 is 0. The van der Waals surface area contributed by atoms with Crippen molar-refractivity contribution in [2.24, 2.45) is 0 Å². The number of carbonyl (C=O) groups excluding carboxylic acids is 2. The van der Waals surface area contributed by atoms with Crippen LogP contribution in [0.2, 0.25) is 0 Å². The number of amides is 1. The Morgan fingerprint density at radius 3 is 2.38 bits per heavy atom. The first-order valence-electron chi connectivity index (χ1n) is 4.16. The van der Waals surface area contributed by atoms with E-state index in [2.05, 4.69) is 5.32 Å². The normalized spacial score (nSPS) is 21.7. The van der Waals surface area contributed by atoms with Gasteiger partial charge in [-0.15, -0.1) is 0 Å². The highest BCUT2D eigenvalue weighted by Gasteiger charge is 2.30. The van der Waals surface area contributed by atoms with Crippen molar-refractivity contribution in [3.63, 3.8) is 0 Å². The minimum absolute atomic E-state index is 0.124. The summed E-state index contributed by atoms with van der Waals surface area (Å²) in [6, 6.07) is 9.38. The summed E-state index contributed by atoms with van der Waals surface area (Å²) in [5.74, 6) is -0.789. The third-order valence-electron chi connectivity index (χ3n) is 2.15. The first-order chi connectivity index (χ1) is 6.27. The molecule has 3 heteroatoms. The number of nitrogens with one attached hydrogen (secondary N) is 1. The van der Waals surface area contributed by atoms with E-state index in [9.17, 15) is 9.59 Å². The average molecular weight is 175 g/mol. The molecule has 66 valence electrons. The molecule has 0 aromatic heterocycles. The van der Waals surface area contributed by atoms with E-state index in [1.165, 1.54) is 0 Å². The molecule has 0 radical (unpaired) electrons. The number of Topliss-reactive ketones (excluding diaryl/α,β-unsaturated/α-hetero) is 1. The zero-order chi connectivity index (χ0) is 9.26. The zero-order valence-electron chi connectivity index (χ0n) is 6.99. The number of hydrogen-bond donors (Lipinski definition) is 1. The Hall–Kier alpha value is -1.64. The van der Waals surface area contributed by atoms with E-state index in [1.54, 1.807) is 0 Å². The quantitative estimate of drug-likeness (QED) is 0.642. The maximum absolute atomic E-state index is 10.9. The maximum atomic E-state index is 10.9. The van der Waals surface area contributed by atoms with Crippen LogP contribution in [0.5, 0.6) is 0 Å². The molecule has 0 saturated carbocycles. The van der Waals surface area contributed by atoms with E-state index in [1.807, 2.05) is 30.3 Å². The zero-order valence-corrected chi connectivity index (χ0v) is 6.99. The van der Waals surface area contributed by atoms with E-state index in [0.29, 0.717) is 0 Å². The topological polar surface area (TPSA) is 46.2 Å². The monoisotopic (exact) mass is 175 g/mol. The first kappa shape index (κ1) is 7.98. The average Bonchev–Trinajstić information content (AvgIpc) is 2.49. The third-order valence-corrected chi connectivity index (χ3v) is 2.15. The van der Waals surface area contributed by atoms with Gasteiger partial charge in [0, 0.05) is 6.42 Å². The van der Waals surface area contributed by atoms with Crippen molar-refractivity contribution in [1.29, 1.82) is 0 Å². The molecule has 3 nitrogen and oxygen atoms in total. The van der Waals surface area contributed by atoms with E-state index in [4.69, 9.17) is 0 Å². The van der Waals surface area contributed by atoms with E-state index >= 15 is 0 Å². The SMILES string of the molecule is O=C1CC(c2ccccc2)NC1=O. The molecule has 1 aliphatic rings. The van der Waals surface area contributed by atoms with Gasteiger partial charge < -0.3 is 5.32 Å². The standard InChI is InChI=1S/C10H9NO2/c12-9-6-8(11-10(9)13)7-4-2-1-3-5-7/h1-5,8H,6H2,(H,11,13). The molecule has 0 bridgehead atoms. The molecule has 1 heterocycles. The second-order valence-electron chi connectivity index (χ2n) is 3.06. The summed E-state index contributed by atoms with van der Waals surface area (Å²) in [5, 5.41) is 2.63. The van der Waals surface area contributed by atoms with Crippen molar-refractivity contribution in [3.8, 4) is 0 Å². The van der Waals surface area contributed by atoms with Crippen LogP contribution in [0.25, 0.3) is 0 Å². The van der Waals surface area contributed by atoms with Crippen molar-refractivity contribution in [2.45, 2.75) is 12.5 Å². The van der Waals surface area contributed by atoms with Crippen molar-refractivity contribution in [3.05, 3.63) is 35.9 Å². The van der Waals surface area contributed by atoms with Gasteiger partial charge in [0.2, 0.25) is 5.78 Å². The molecule has 1 atom stereocenters. The van der Waals surface area contributed by atoms with Crippen molar-refractivity contribution in [1.82, 2.24) is 5.32 Å². The minimum Gasteiger partial charge on any atom is -0.342 e. The van der Waals surface area contributed by atoms with Crippen molar-refractivity contribution in [2.75, 3.05) is 0 Å². The van der Waals surface area contributed by atoms with Gasteiger partial charge in [0.05, 0.1) is 6.04 Å². The number of ketones is 1. The van der Waals surface area contributed by atoms with Gasteiger partial charge in [-0.05, 0) is 5.56 Å². The summed E-state index contributed by atoms with van der Waals surface area (Å²) in [7, 11) is 0. The largest absolute Gasteiger partial charge is 0.342 e. The van der Waals surface area contributed by atoms with Crippen LogP contribution in [0.3, 0.4) is 0 Å². The van der Waals surface area contributed by atoms with Gasteiger partial charge in [-0.2, -0.15) is 0 Å². The van der Waals surface area contributed by atoms with Crippen molar-refractivity contribution >= 4 is 11.7 Å². The van der Waals surface area contributed by atoms with Crippen LogP contribution < -0.4 is 5.32 Å². The highest BCUT2D eigenvalue weighted by atomic mass is 16.2. The molecule has 1 aromatic rings. The lowest BCUT2D eigenvalue weighted by molar-refractivity contribution is -0.135. The summed E-state index contributed by atoms with van der Waals surface area (Å²) >= 11 is 0. The lowest BCUT2D eigenvalue weighted by Gasteiger charge is -2.07. The highest BCUT2D eigenvalue weighted by Crippen LogP contribution is 2.20. The van der Waals surface area contributed by atoms with Gasteiger partial charge in [0.25, 0.3) is 5.91 Å². The maximum Gasteiger partial charge on any atom is 0.287 e. The summed E-state index contributed by atoms with van der Waals surface area (Å²) in [6.45, 7) is 0. The lowest BCUT2D eigenvalue weighted by Crippen LogP contribution is -2.21. The Kier molecular flexibility index (Phi) is 1.85.